The largest absolute Gasteiger partial charge is 0.387 e. The minimum Gasteiger partial charge on any atom is -0.387 e. The number of rotatable bonds is 2. The van der Waals surface area contributed by atoms with E-state index in [1.54, 1.807) is 0 Å². The van der Waals surface area contributed by atoms with Gasteiger partial charge in [0.2, 0.25) is 0 Å². The van der Waals surface area contributed by atoms with Gasteiger partial charge in [0.05, 0.1) is 6.10 Å². The van der Waals surface area contributed by atoms with Crippen LogP contribution in [-0.4, -0.2) is 41.1 Å². The van der Waals surface area contributed by atoms with Crippen molar-refractivity contribution < 1.29 is 5.11 Å². The lowest BCUT2D eigenvalue weighted by molar-refractivity contribution is 0.0759. The Bertz CT molecular complexity index is 343. The molecule has 0 aliphatic carbocycles. The van der Waals surface area contributed by atoms with Crippen LogP contribution in [0.5, 0.6) is 0 Å². The molecule has 0 bridgehead atoms. The maximum absolute atomic E-state index is 10.3. The number of nitrogens with zero attached hydrogens (tertiary/aromatic N) is 1. The van der Waals surface area contributed by atoms with E-state index in [9.17, 15) is 5.11 Å². The highest BCUT2D eigenvalue weighted by molar-refractivity contribution is 7.99. The van der Waals surface area contributed by atoms with Gasteiger partial charge < -0.3 is 5.11 Å². The van der Waals surface area contributed by atoms with Gasteiger partial charge in [0.15, 0.2) is 0 Å². The van der Waals surface area contributed by atoms with Crippen LogP contribution in [0.2, 0.25) is 5.02 Å². The second kappa shape index (κ2) is 5.41. The average molecular weight is 258 g/mol. The van der Waals surface area contributed by atoms with Crippen molar-refractivity contribution in [3.05, 3.63) is 34.9 Å². The van der Waals surface area contributed by atoms with Gasteiger partial charge in [-0.25, -0.2) is 0 Å². The summed E-state index contributed by atoms with van der Waals surface area (Å²) in [5.41, 5.74) is 0.948. The summed E-state index contributed by atoms with van der Waals surface area (Å²) in [6.07, 6.45) is -0.421. The first-order chi connectivity index (χ1) is 7.68. The number of benzene rings is 1. The summed E-state index contributed by atoms with van der Waals surface area (Å²) in [5.74, 6) is 2.14. The van der Waals surface area contributed by atoms with Crippen molar-refractivity contribution in [2.75, 3.05) is 25.1 Å². The van der Waals surface area contributed by atoms with Crippen molar-refractivity contribution in [2.24, 2.45) is 0 Å². The van der Waals surface area contributed by atoms with Crippen LogP contribution in [0.3, 0.4) is 0 Å². The lowest BCUT2D eigenvalue weighted by Crippen LogP contribution is -2.43. The molecule has 1 N–H and O–H groups in total. The minimum absolute atomic E-state index is 0.208. The van der Waals surface area contributed by atoms with Crippen molar-refractivity contribution in [1.82, 2.24) is 4.90 Å². The quantitative estimate of drug-likeness (QED) is 0.880. The third-order valence-electron chi connectivity index (χ3n) is 3.02. The summed E-state index contributed by atoms with van der Waals surface area (Å²) in [5, 5.41) is 11.0. The third kappa shape index (κ3) is 2.72. The molecular weight excluding hydrogens is 242 g/mol. The van der Waals surface area contributed by atoms with Crippen LogP contribution in [0, 0.1) is 0 Å². The van der Waals surface area contributed by atoms with E-state index in [-0.39, 0.29) is 6.04 Å². The Morgan fingerprint density at radius 3 is 2.75 bits per heavy atom. The predicted molar refractivity (Wildman–Crippen MR) is 70.2 cm³/mol. The fourth-order valence-corrected chi connectivity index (χ4v) is 3.31. The second-order valence-corrected chi connectivity index (χ2v) is 5.71. The van der Waals surface area contributed by atoms with E-state index in [1.807, 2.05) is 36.0 Å². The maximum Gasteiger partial charge on any atom is 0.0953 e. The summed E-state index contributed by atoms with van der Waals surface area (Å²) >= 11 is 7.74. The van der Waals surface area contributed by atoms with Gasteiger partial charge in [0.1, 0.15) is 0 Å². The Kier molecular flexibility index (Phi) is 4.14. The molecule has 4 heteroatoms. The molecule has 0 saturated carbocycles. The Labute approximate surface area is 106 Å². The zero-order valence-corrected chi connectivity index (χ0v) is 10.8. The molecule has 0 aromatic heterocycles. The van der Waals surface area contributed by atoms with Gasteiger partial charge in [-0.15, -0.1) is 0 Å². The van der Waals surface area contributed by atoms with Gasteiger partial charge >= 0.3 is 0 Å². The summed E-state index contributed by atoms with van der Waals surface area (Å²) < 4.78 is 0. The van der Waals surface area contributed by atoms with Crippen LogP contribution in [0.25, 0.3) is 0 Å². The van der Waals surface area contributed by atoms with E-state index in [1.165, 1.54) is 0 Å². The fraction of sp³-hybridized carbons (Fsp3) is 0.500. The average Bonchev–Trinajstić information content (AvgIpc) is 2.30. The fourth-order valence-electron chi connectivity index (χ4n) is 1.92. The van der Waals surface area contributed by atoms with E-state index < -0.39 is 6.10 Å². The molecule has 1 aliphatic heterocycles. The standard InChI is InChI=1S/C12H16ClNOS/c1-14-6-7-16-8-11(14)12(15)9-2-4-10(13)5-3-9/h2-5,11-12,15H,6-8H2,1H3. The maximum atomic E-state index is 10.3. The molecule has 2 nitrogen and oxygen atoms in total. The van der Waals surface area contributed by atoms with E-state index >= 15 is 0 Å². The highest BCUT2D eigenvalue weighted by Gasteiger charge is 2.27. The molecule has 1 aromatic carbocycles. The van der Waals surface area contributed by atoms with Gasteiger partial charge in [-0.1, -0.05) is 23.7 Å². The summed E-state index contributed by atoms with van der Waals surface area (Å²) in [6.45, 7) is 1.04. The van der Waals surface area contributed by atoms with Crippen LogP contribution in [0.4, 0.5) is 0 Å². The summed E-state index contributed by atoms with van der Waals surface area (Å²) in [7, 11) is 2.07. The van der Waals surface area contributed by atoms with Crippen LogP contribution >= 0.6 is 23.4 Å². The Hall–Kier alpha value is -0.220. The van der Waals surface area contributed by atoms with E-state index in [4.69, 9.17) is 11.6 Å². The number of thioether (sulfide) groups is 1. The van der Waals surface area contributed by atoms with E-state index in [2.05, 4.69) is 11.9 Å². The number of halogens is 1. The van der Waals surface area contributed by atoms with E-state index in [0.29, 0.717) is 5.02 Å². The molecule has 2 unspecified atom stereocenters. The molecule has 88 valence electrons. The molecule has 16 heavy (non-hydrogen) atoms. The highest BCUT2D eigenvalue weighted by Crippen LogP contribution is 2.27. The van der Waals surface area contributed by atoms with Crippen molar-refractivity contribution in [3.63, 3.8) is 0 Å². The number of hydrogen-bond donors (Lipinski definition) is 1. The van der Waals surface area contributed by atoms with Crippen LogP contribution in [-0.2, 0) is 0 Å². The lowest BCUT2D eigenvalue weighted by Gasteiger charge is -2.35. The Morgan fingerprint density at radius 1 is 1.44 bits per heavy atom. The zero-order valence-electron chi connectivity index (χ0n) is 9.27. The third-order valence-corrected chi connectivity index (χ3v) is 4.32. The van der Waals surface area contributed by atoms with E-state index in [0.717, 1.165) is 23.6 Å². The summed E-state index contributed by atoms with van der Waals surface area (Å²) in [4.78, 5) is 2.23. The lowest BCUT2D eigenvalue weighted by atomic mass is 10.0. The molecule has 0 amide bonds. The molecule has 1 aliphatic rings. The molecule has 0 spiro atoms. The number of aliphatic hydroxyl groups excluding tert-OH is 1. The number of aliphatic hydroxyl groups is 1. The molecule has 1 fully saturated rings. The molecule has 0 radical (unpaired) electrons. The van der Waals surface area contributed by atoms with Crippen molar-refractivity contribution in [3.8, 4) is 0 Å². The molecule has 1 heterocycles. The number of hydrogen-bond acceptors (Lipinski definition) is 3. The minimum atomic E-state index is -0.421. The first-order valence-corrected chi connectivity index (χ1v) is 6.93. The molecule has 2 atom stereocenters. The zero-order chi connectivity index (χ0) is 11.5. The molecule has 1 aromatic rings. The topological polar surface area (TPSA) is 23.5 Å². The monoisotopic (exact) mass is 257 g/mol. The number of likely N-dealkylation sites (N-methyl/N-ethyl adjacent to an activating group) is 1. The Morgan fingerprint density at radius 2 is 2.12 bits per heavy atom. The van der Waals surface area contributed by atoms with Crippen molar-refractivity contribution in [1.29, 1.82) is 0 Å². The molecular formula is C12H16ClNOS. The van der Waals surface area contributed by atoms with Gasteiger partial charge in [0.25, 0.3) is 0 Å². The highest BCUT2D eigenvalue weighted by atomic mass is 35.5. The SMILES string of the molecule is CN1CCSCC1C(O)c1ccc(Cl)cc1. The van der Waals surface area contributed by atoms with Gasteiger partial charge in [-0.3, -0.25) is 4.90 Å². The second-order valence-electron chi connectivity index (χ2n) is 4.12. The normalized spacial score (nSPS) is 24.3. The van der Waals surface area contributed by atoms with Gasteiger partial charge in [-0.2, -0.15) is 11.8 Å². The van der Waals surface area contributed by atoms with Gasteiger partial charge in [-0.05, 0) is 24.7 Å². The van der Waals surface area contributed by atoms with Crippen LogP contribution < -0.4 is 0 Å². The smallest absolute Gasteiger partial charge is 0.0953 e. The summed E-state index contributed by atoms with van der Waals surface area (Å²) in [6, 6.07) is 7.67. The first kappa shape index (κ1) is 12.2. The molecule has 2 rings (SSSR count). The van der Waals surface area contributed by atoms with Crippen LogP contribution in [0.15, 0.2) is 24.3 Å². The Balaban J connectivity index is 2.11. The first-order valence-electron chi connectivity index (χ1n) is 5.40. The predicted octanol–water partition coefficient (Wildman–Crippen LogP) is 2.42. The molecule has 1 saturated heterocycles. The van der Waals surface area contributed by atoms with Crippen molar-refractivity contribution in [2.45, 2.75) is 12.1 Å². The van der Waals surface area contributed by atoms with Crippen LogP contribution in [0.1, 0.15) is 11.7 Å². The van der Waals surface area contributed by atoms with Crippen molar-refractivity contribution >= 4 is 23.4 Å². The van der Waals surface area contributed by atoms with Gasteiger partial charge in [0, 0.05) is 29.1 Å².